The SMILES string of the molecule is COC(=O)c1cc2cc(c1)OCCOCCOCCOCCOc1cc(cc(C(=O)OC)c1)OCCOCCOCCOCCO2. The number of ether oxygens (including phenoxy) is 12. The Morgan fingerprint density at radius 2 is 0.609 bits per heavy atom. The Hall–Kier alpha value is -3.66. The molecule has 3 rings (SSSR count). The van der Waals surface area contributed by atoms with Gasteiger partial charge in [-0.15, -0.1) is 0 Å². The van der Waals surface area contributed by atoms with Crippen LogP contribution in [0, 0.1) is 0 Å². The van der Waals surface area contributed by atoms with Crippen molar-refractivity contribution >= 4 is 11.9 Å². The highest BCUT2D eigenvalue weighted by Crippen LogP contribution is 2.25. The zero-order valence-electron chi connectivity index (χ0n) is 26.5. The first-order valence-electron chi connectivity index (χ1n) is 15.0. The van der Waals surface area contributed by atoms with Gasteiger partial charge in [-0.05, 0) is 24.3 Å². The molecule has 1 aliphatic rings. The highest BCUT2D eigenvalue weighted by molar-refractivity contribution is 5.90. The molecule has 0 amide bonds. The van der Waals surface area contributed by atoms with E-state index in [2.05, 4.69) is 0 Å². The molecule has 46 heavy (non-hydrogen) atoms. The van der Waals surface area contributed by atoms with E-state index in [1.165, 1.54) is 14.2 Å². The van der Waals surface area contributed by atoms with Gasteiger partial charge in [-0.25, -0.2) is 9.59 Å². The van der Waals surface area contributed by atoms with Crippen molar-refractivity contribution in [3.8, 4) is 23.0 Å². The second-order valence-electron chi connectivity index (χ2n) is 9.44. The lowest BCUT2D eigenvalue weighted by atomic mass is 10.2. The summed E-state index contributed by atoms with van der Waals surface area (Å²) >= 11 is 0. The fourth-order valence-electron chi connectivity index (χ4n) is 3.91. The number of rotatable bonds is 2. The van der Waals surface area contributed by atoms with Crippen LogP contribution in [0.1, 0.15) is 20.7 Å². The second-order valence-corrected chi connectivity index (χ2v) is 9.44. The van der Waals surface area contributed by atoms with Crippen LogP contribution in [0.15, 0.2) is 36.4 Å². The largest absolute Gasteiger partial charge is 0.491 e. The van der Waals surface area contributed by atoms with Gasteiger partial charge in [0, 0.05) is 12.1 Å². The van der Waals surface area contributed by atoms with Crippen LogP contribution < -0.4 is 18.9 Å². The summed E-state index contributed by atoms with van der Waals surface area (Å²) in [6, 6.07) is 9.71. The fourth-order valence-corrected chi connectivity index (χ4v) is 3.91. The van der Waals surface area contributed by atoms with E-state index in [-0.39, 0.29) is 26.4 Å². The third-order valence-electron chi connectivity index (χ3n) is 6.08. The third-order valence-corrected chi connectivity index (χ3v) is 6.08. The van der Waals surface area contributed by atoms with Crippen LogP contribution in [-0.2, 0) is 37.9 Å². The van der Waals surface area contributed by atoms with Gasteiger partial charge in [0.1, 0.15) is 49.4 Å². The van der Waals surface area contributed by atoms with E-state index < -0.39 is 11.9 Å². The summed E-state index contributed by atoms with van der Waals surface area (Å²) in [6.45, 7) is 5.38. The Kier molecular flexibility index (Phi) is 18.2. The topological polar surface area (TPSA) is 145 Å². The number of hydrogen-bond acceptors (Lipinski definition) is 14. The average molecular weight is 653 g/mol. The van der Waals surface area contributed by atoms with E-state index in [1.54, 1.807) is 36.4 Å². The zero-order valence-corrected chi connectivity index (χ0v) is 26.5. The van der Waals surface area contributed by atoms with Crippen LogP contribution >= 0.6 is 0 Å². The number of fused-ring (bicyclic) bond motifs is 4. The van der Waals surface area contributed by atoms with Gasteiger partial charge in [0.05, 0.1) is 105 Å². The Morgan fingerprint density at radius 3 is 0.826 bits per heavy atom. The molecule has 0 N–H and O–H groups in total. The zero-order chi connectivity index (χ0) is 32.7. The van der Waals surface area contributed by atoms with E-state index in [1.807, 2.05) is 0 Å². The summed E-state index contributed by atoms with van der Waals surface area (Å²) in [5.74, 6) is 0.789. The summed E-state index contributed by atoms with van der Waals surface area (Å²) in [4.78, 5) is 24.2. The Bertz CT molecular complexity index is 1000. The van der Waals surface area contributed by atoms with Gasteiger partial charge in [0.25, 0.3) is 0 Å². The minimum Gasteiger partial charge on any atom is -0.491 e. The van der Waals surface area contributed by atoms with Gasteiger partial charge < -0.3 is 56.8 Å². The van der Waals surface area contributed by atoms with Crippen molar-refractivity contribution < 1.29 is 66.4 Å². The van der Waals surface area contributed by atoms with Gasteiger partial charge in [-0.2, -0.15) is 0 Å². The molecular weight excluding hydrogens is 608 g/mol. The summed E-state index contributed by atoms with van der Waals surface area (Å²) in [6.07, 6.45) is 0. The second kappa shape index (κ2) is 22.8. The van der Waals surface area contributed by atoms with Gasteiger partial charge in [0.15, 0.2) is 0 Å². The number of benzene rings is 2. The lowest BCUT2D eigenvalue weighted by Gasteiger charge is -2.13. The molecule has 1 aliphatic heterocycles. The van der Waals surface area contributed by atoms with E-state index in [0.29, 0.717) is 113 Å². The first kappa shape index (κ1) is 36.8. The molecule has 2 aromatic rings. The standard InChI is InChI=1S/C32H44O14/c1-35-31(33)25-19-27-23-28(20-25)44-16-12-40-8-4-38-6-10-42-14-18-46-30-22-26(32(34)36-2)21-29(24-30)45-17-13-41-9-5-37-3-7-39-11-15-43-27/h19-24H,3-18H2,1-2H3. The van der Waals surface area contributed by atoms with E-state index in [0.717, 1.165) is 0 Å². The molecular formula is C32H44O14. The molecule has 14 heteroatoms. The van der Waals surface area contributed by atoms with Crippen molar-refractivity contribution in [1.29, 1.82) is 0 Å². The smallest absolute Gasteiger partial charge is 0.338 e. The van der Waals surface area contributed by atoms with E-state index in [4.69, 9.17) is 56.8 Å². The van der Waals surface area contributed by atoms with Gasteiger partial charge >= 0.3 is 11.9 Å². The van der Waals surface area contributed by atoms with Crippen LogP contribution in [0.3, 0.4) is 0 Å². The predicted octanol–water partition coefficient (Wildman–Crippen LogP) is 2.59. The molecule has 0 radical (unpaired) electrons. The van der Waals surface area contributed by atoms with Gasteiger partial charge in [-0.3, -0.25) is 0 Å². The van der Waals surface area contributed by atoms with Crippen molar-refractivity contribution in [2.75, 3.05) is 120 Å². The fraction of sp³-hybridized carbons (Fsp3) is 0.562. The molecule has 0 aromatic heterocycles. The van der Waals surface area contributed by atoms with Crippen molar-refractivity contribution in [3.05, 3.63) is 47.5 Å². The maximum atomic E-state index is 12.1. The number of carbonyl (C=O) groups is 2. The van der Waals surface area contributed by atoms with Crippen molar-refractivity contribution in [3.63, 3.8) is 0 Å². The van der Waals surface area contributed by atoms with Crippen molar-refractivity contribution in [2.24, 2.45) is 0 Å². The monoisotopic (exact) mass is 652 g/mol. The van der Waals surface area contributed by atoms with Gasteiger partial charge in [-0.1, -0.05) is 0 Å². The molecule has 4 bridgehead atoms. The summed E-state index contributed by atoms with van der Waals surface area (Å²) in [5, 5.41) is 0. The summed E-state index contributed by atoms with van der Waals surface area (Å²) in [7, 11) is 2.62. The van der Waals surface area contributed by atoms with E-state index in [9.17, 15) is 9.59 Å². The Balaban J connectivity index is 1.47. The Morgan fingerprint density at radius 1 is 0.391 bits per heavy atom. The lowest BCUT2D eigenvalue weighted by Crippen LogP contribution is -2.15. The number of hydrogen-bond donors (Lipinski definition) is 0. The third kappa shape index (κ3) is 15.1. The first-order valence-corrected chi connectivity index (χ1v) is 15.0. The molecule has 0 saturated heterocycles. The Labute approximate surface area is 268 Å². The number of carbonyl (C=O) groups excluding carboxylic acids is 2. The molecule has 1 heterocycles. The molecule has 0 unspecified atom stereocenters. The normalized spacial score (nSPS) is 17.6. The number of esters is 2. The molecule has 256 valence electrons. The van der Waals surface area contributed by atoms with Crippen LogP contribution in [0.25, 0.3) is 0 Å². The van der Waals surface area contributed by atoms with Crippen molar-refractivity contribution in [2.45, 2.75) is 0 Å². The van der Waals surface area contributed by atoms with E-state index >= 15 is 0 Å². The summed E-state index contributed by atoms with van der Waals surface area (Å²) < 4.78 is 66.0. The van der Waals surface area contributed by atoms with Gasteiger partial charge in [0.2, 0.25) is 0 Å². The first-order chi connectivity index (χ1) is 22.6. The molecule has 0 atom stereocenters. The average Bonchev–Trinajstić information content (AvgIpc) is 3.07. The molecule has 0 aliphatic carbocycles. The molecule has 2 aromatic carbocycles. The number of methoxy groups -OCH3 is 2. The molecule has 14 nitrogen and oxygen atoms in total. The molecule has 0 fully saturated rings. The highest BCUT2D eigenvalue weighted by Gasteiger charge is 2.12. The van der Waals surface area contributed by atoms with Crippen LogP contribution in [-0.4, -0.2) is 132 Å². The molecule has 0 saturated carbocycles. The summed E-state index contributed by atoms with van der Waals surface area (Å²) in [5.41, 5.74) is 0.611. The van der Waals surface area contributed by atoms with Crippen LogP contribution in [0.2, 0.25) is 0 Å². The maximum absolute atomic E-state index is 12.1. The predicted molar refractivity (Wildman–Crippen MR) is 162 cm³/mol. The van der Waals surface area contributed by atoms with Crippen molar-refractivity contribution in [1.82, 2.24) is 0 Å². The van der Waals surface area contributed by atoms with Crippen LogP contribution in [0.5, 0.6) is 23.0 Å². The quantitative estimate of drug-likeness (QED) is 0.438. The minimum atomic E-state index is -0.503. The van der Waals surface area contributed by atoms with Crippen LogP contribution in [0.4, 0.5) is 0 Å². The molecule has 0 spiro atoms. The minimum absolute atomic E-state index is 0.261. The maximum Gasteiger partial charge on any atom is 0.338 e. The lowest BCUT2D eigenvalue weighted by molar-refractivity contribution is 0.00432. The highest BCUT2D eigenvalue weighted by atomic mass is 16.6.